The molecule has 0 aromatic heterocycles. The van der Waals surface area contributed by atoms with E-state index in [1.807, 2.05) is 6.92 Å². The Labute approximate surface area is 195 Å². The van der Waals surface area contributed by atoms with Crippen LogP contribution in [0.2, 0.25) is 5.02 Å². The Morgan fingerprint density at radius 2 is 1.84 bits per heavy atom. The number of hydrogen-bond acceptors (Lipinski definition) is 5. The predicted molar refractivity (Wildman–Crippen MR) is 122 cm³/mol. The lowest BCUT2D eigenvalue weighted by molar-refractivity contribution is -0.141. The number of halogens is 1. The van der Waals surface area contributed by atoms with Gasteiger partial charge in [0.15, 0.2) is 0 Å². The number of carbonyl (C=O) groups is 2. The summed E-state index contributed by atoms with van der Waals surface area (Å²) in [7, 11) is -3.89. The molecular weight excluding hydrogens is 454 g/mol. The lowest BCUT2D eigenvalue weighted by Gasteiger charge is -2.33. The number of benzene rings is 1. The molecule has 10 heteroatoms. The van der Waals surface area contributed by atoms with Crippen molar-refractivity contribution in [2.45, 2.75) is 75.0 Å². The first-order valence-electron chi connectivity index (χ1n) is 11.3. The van der Waals surface area contributed by atoms with Gasteiger partial charge in [0, 0.05) is 24.2 Å². The number of hydrogen-bond donors (Lipinski definition) is 2. The van der Waals surface area contributed by atoms with Crippen molar-refractivity contribution in [2.24, 2.45) is 0 Å². The molecule has 1 aliphatic heterocycles. The van der Waals surface area contributed by atoms with Crippen LogP contribution in [0, 0.1) is 0 Å². The number of ether oxygens (including phenoxy) is 1. The van der Waals surface area contributed by atoms with E-state index in [0.29, 0.717) is 18.1 Å². The third-order valence-corrected chi connectivity index (χ3v) is 7.72. The van der Waals surface area contributed by atoms with Crippen LogP contribution in [0.5, 0.6) is 0 Å². The minimum absolute atomic E-state index is 0.0198. The number of sulfonamides is 1. The fourth-order valence-corrected chi connectivity index (χ4v) is 5.38. The maximum Gasteiger partial charge on any atom is 0.243 e. The summed E-state index contributed by atoms with van der Waals surface area (Å²) < 4.78 is 33.2. The van der Waals surface area contributed by atoms with Crippen molar-refractivity contribution in [3.63, 3.8) is 0 Å². The zero-order valence-corrected chi connectivity index (χ0v) is 20.0. The quantitative estimate of drug-likeness (QED) is 0.529. The second-order valence-corrected chi connectivity index (χ2v) is 10.6. The van der Waals surface area contributed by atoms with Crippen molar-refractivity contribution in [3.05, 3.63) is 29.3 Å². The van der Waals surface area contributed by atoms with Crippen LogP contribution in [-0.2, 0) is 24.3 Å². The lowest BCUT2D eigenvalue weighted by Crippen LogP contribution is -2.55. The SMILES string of the molecule is CC[C@H](C(=O)NC1CCCC1)N(C[C@@H]1CCCO1)C(=O)CNS(=O)(=O)c1ccc(Cl)cc1. The molecule has 1 aromatic rings. The Hall–Kier alpha value is -1.68. The Morgan fingerprint density at radius 1 is 1.16 bits per heavy atom. The van der Waals surface area contributed by atoms with Crippen molar-refractivity contribution >= 4 is 33.4 Å². The second-order valence-electron chi connectivity index (χ2n) is 8.37. The molecule has 0 spiro atoms. The summed E-state index contributed by atoms with van der Waals surface area (Å²) in [5.74, 6) is -0.641. The van der Waals surface area contributed by atoms with Crippen LogP contribution in [0.3, 0.4) is 0 Å². The monoisotopic (exact) mass is 485 g/mol. The average molecular weight is 486 g/mol. The van der Waals surface area contributed by atoms with E-state index in [4.69, 9.17) is 16.3 Å². The summed E-state index contributed by atoms with van der Waals surface area (Å²) in [6, 6.07) is 5.17. The third kappa shape index (κ3) is 6.66. The van der Waals surface area contributed by atoms with Crippen molar-refractivity contribution in [1.29, 1.82) is 0 Å². The smallest absolute Gasteiger partial charge is 0.243 e. The van der Waals surface area contributed by atoms with E-state index in [1.165, 1.54) is 29.2 Å². The maximum atomic E-state index is 13.1. The molecule has 2 atom stereocenters. The molecule has 1 aliphatic carbocycles. The molecule has 0 bridgehead atoms. The molecule has 1 heterocycles. The van der Waals surface area contributed by atoms with Gasteiger partial charge in [-0.3, -0.25) is 9.59 Å². The number of nitrogens with one attached hydrogen (secondary N) is 2. The Balaban J connectivity index is 1.70. The van der Waals surface area contributed by atoms with E-state index < -0.39 is 28.5 Å². The zero-order valence-electron chi connectivity index (χ0n) is 18.4. The van der Waals surface area contributed by atoms with E-state index in [1.54, 1.807) is 0 Å². The Morgan fingerprint density at radius 3 is 2.44 bits per heavy atom. The molecule has 0 unspecified atom stereocenters. The largest absolute Gasteiger partial charge is 0.376 e. The molecule has 0 radical (unpaired) electrons. The van der Waals surface area contributed by atoms with Gasteiger partial charge in [-0.2, -0.15) is 0 Å². The van der Waals surface area contributed by atoms with Crippen molar-refractivity contribution < 1.29 is 22.7 Å². The summed E-state index contributed by atoms with van der Waals surface area (Å²) in [6.45, 7) is 2.30. The van der Waals surface area contributed by atoms with E-state index in [9.17, 15) is 18.0 Å². The van der Waals surface area contributed by atoms with Gasteiger partial charge in [-0.25, -0.2) is 13.1 Å². The molecule has 2 N–H and O–H groups in total. The fraction of sp³-hybridized carbons (Fsp3) is 0.636. The Bertz CT molecular complexity index is 881. The second kappa shape index (κ2) is 11.4. The van der Waals surface area contributed by atoms with E-state index in [2.05, 4.69) is 10.0 Å². The van der Waals surface area contributed by atoms with Crippen molar-refractivity contribution in [3.8, 4) is 0 Å². The molecular formula is C22H32ClN3O5S. The van der Waals surface area contributed by atoms with Crippen molar-refractivity contribution in [1.82, 2.24) is 14.9 Å². The van der Waals surface area contributed by atoms with Crippen LogP contribution in [0.4, 0.5) is 0 Å². The molecule has 178 valence electrons. The van der Waals surface area contributed by atoms with Crippen LogP contribution in [0.1, 0.15) is 51.9 Å². The summed E-state index contributed by atoms with van der Waals surface area (Å²) in [4.78, 5) is 27.7. The van der Waals surface area contributed by atoms with Gasteiger partial charge in [0.2, 0.25) is 21.8 Å². The number of nitrogens with zero attached hydrogens (tertiary/aromatic N) is 1. The zero-order chi connectivity index (χ0) is 23.1. The fourth-order valence-electron chi connectivity index (χ4n) is 4.28. The molecule has 2 amide bonds. The molecule has 2 fully saturated rings. The summed E-state index contributed by atoms with van der Waals surface area (Å²) >= 11 is 5.83. The van der Waals surface area contributed by atoms with Crippen LogP contribution < -0.4 is 10.0 Å². The van der Waals surface area contributed by atoms with Crippen molar-refractivity contribution in [2.75, 3.05) is 19.7 Å². The Kier molecular flexibility index (Phi) is 8.93. The molecule has 8 nitrogen and oxygen atoms in total. The highest BCUT2D eigenvalue weighted by Crippen LogP contribution is 2.20. The summed E-state index contributed by atoms with van der Waals surface area (Å²) in [5, 5.41) is 3.49. The van der Waals surface area contributed by atoms with Crippen LogP contribution >= 0.6 is 11.6 Å². The predicted octanol–water partition coefficient (Wildman–Crippen LogP) is 2.46. The highest BCUT2D eigenvalue weighted by atomic mass is 35.5. The normalized spacial score (nSPS) is 20.2. The van der Waals surface area contributed by atoms with Gasteiger partial charge in [-0.1, -0.05) is 31.4 Å². The van der Waals surface area contributed by atoms with Gasteiger partial charge in [0.1, 0.15) is 6.04 Å². The van der Waals surface area contributed by atoms with Gasteiger partial charge in [-0.05, 0) is 56.4 Å². The molecule has 1 saturated carbocycles. The van der Waals surface area contributed by atoms with Crippen LogP contribution in [-0.4, -0.2) is 63.0 Å². The number of rotatable bonds is 10. The topological polar surface area (TPSA) is 105 Å². The van der Waals surface area contributed by atoms with Gasteiger partial charge in [-0.15, -0.1) is 0 Å². The maximum absolute atomic E-state index is 13.1. The highest BCUT2D eigenvalue weighted by Gasteiger charge is 2.33. The van der Waals surface area contributed by atoms with Gasteiger partial charge in [0.05, 0.1) is 17.5 Å². The van der Waals surface area contributed by atoms with E-state index >= 15 is 0 Å². The summed E-state index contributed by atoms with van der Waals surface area (Å²) in [5.41, 5.74) is 0. The first kappa shape index (κ1) is 25.0. The minimum Gasteiger partial charge on any atom is -0.376 e. The van der Waals surface area contributed by atoms with Gasteiger partial charge < -0.3 is 15.0 Å². The first-order valence-corrected chi connectivity index (χ1v) is 13.1. The molecule has 3 rings (SSSR count). The lowest BCUT2D eigenvalue weighted by atomic mass is 10.1. The highest BCUT2D eigenvalue weighted by molar-refractivity contribution is 7.89. The molecule has 32 heavy (non-hydrogen) atoms. The first-order chi connectivity index (χ1) is 15.3. The van der Waals surface area contributed by atoms with E-state index in [0.717, 1.165) is 38.5 Å². The molecule has 1 aromatic carbocycles. The van der Waals surface area contributed by atoms with Gasteiger partial charge >= 0.3 is 0 Å². The minimum atomic E-state index is -3.89. The summed E-state index contributed by atoms with van der Waals surface area (Å²) in [6.07, 6.45) is 6.06. The number of amides is 2. The molecule has 1 saturated heterocycles. The van der Waals surface area contributed by atoms with Gasteiger partial charge in [0.25, 0.3) is 0 Å². The van der Waals surface area contributed by atoms with Crippen LogP contribution in [0.25, 0.3) is 0 Å². The standard InChI is InChI=1S/C22H32ClN3O5S/c1-2-20(22(28)25-17-6-3-4-7-17)26(15-18-8-5-13-31-18)21(27)14-24-32(29,30)19-11-9-16(23)10-12-19/h9-12,17-18,20,24H,2-8,13-15H2,1H3,(H,25,28)/t18-,20+/m0/s1. The number of carbonyl (C=O) groups excluding carboxylic acids is 2. The third-order valence-electron chi connectivity index (χ3n) is 6.05. The van der Waals surface area contributed by atoms with E-state index in [-0.39, 0.29) is 29.5 Å². The average Bonchev–Trinajstić information content (AvgIpc) is 3.46. The van der Waals surface area contributed by atoms with Crippen LogP contribution in [0.15, 0.2) is 29.2 Å². The molecule has 2 aliphatic rings.